The van der Waals surface area contributed by atoms with E-state index in [1.807, 2.05) is 13.0 Å². The van der Waals surface area contributed by atoms with E-state index < -0.39 is 0 Å². The molecule has 0 bridgehead atoms. The third-order valence-electron chi connectivity index (χ3n) is 4.23. The van der Waals surface area contributed by atoms with E-state index >= 15 is 0 Å². The zero-order valence-corrected chi connectivity index (χ0v) is 11.7. The SMILES string of the molecule is Cc1ccncc1N1CCC(=O)N2CCCCC2C1=O. The summed E-state index contributed by atoms with van der Waals surface area (Å²) in [5, 5.41) is 0. The number of anilines is 1. The normalized spacial score (nSPS) is 23.6. The van der Waals surface area contributed by atoms with Gasteiger partial charge in [-0.1, -0.05) is 0 Å². The van der Waals surface area contributed by atoms with Crippen molar-refractivity contribution in [1.82, 2.24) is 9.88 Å². The molecule has 1 atom stereocenters. The fraction of sp³-hybridized carbons (Fsp3) is 0.533. The number of pyridine rings is 1. The van der Waals surface area contributed by atoms with Crippen LogP contribution in [0.25, 0.3) is 0 Å². The summed E-state index contributed by atoms with van der Waals surface area (Å²) in [6.45, 7) is 3.14. The Morgan fingerprint density at radius 3 is 2.90 bits per heavy atom. The van der Waals surface area contributed by atoms with E-state index in [9.17, 15) is 9.59 Å². The van der Waals surface area contributed by atoms with E-state index in [4.69, 9.17) is 0 Å². The smallest absolute Gasteiger partial charge is 0.249 e. The fourth-order valence-electron chi connectivity index (χ4n) is 3.11. The average Bonchev–Trinajstić information content (AvgIpc) is 2.59. The first-order valence-electron chi connectivity index (χ1n) is 7.20. The van der Waals surface area contributed by atoms with Crippen LogP contribution in [0.1, 0.15) is 31.2 Å². The Bertz CT molecular complexity index is 544. The highest BCUT2D eigenvalue weighted by atomic mass is 16.2. The lowest BCUT2D eigenvalue weighted by atomic mass is 10.0. The lowest BCUT2D eigenvalue weighted by molar-refractivity contribution is -0.138. The molecular weight excluding hydrogens is 254 g/mol. The Labute approximate surface area is 118 Å². The van der Waals surface area contributed by atoms with Gasteiger partial charge in [-0.2, -0.15) is 0 Å². The number of nitrogens with zero attached hydrogens (tertiary/aromatic N) is 3. The first-order chi connectivity index (χ1) is 9.68. The molecule has 3 heterocycles. The molecule has 5 heteroatoms. The molecule has 5 nitrogen and oxygen atoms in total. The lowest BCUT2D eigenvalue weighted by Gasteiger charge is -2.34. The Morgan fingerprint density at radius 2 is 2.10 bits per heavy atom. The van der Waals surface area contributed by atoms with Crippen molar-refractivity contribution in [2.75, 3.05) is 18.0 Å². The molecule has 1 unspecified atom stereocenters. The second-order valence-electron chi connectivity index (χ2n) is 5.50. The van der Waals surface area contributed by atoms with E-state index in [1.54, 1.807) is 22.2 Å². The quantitative estimate of drug-likeness (QED) is 0.779. The first-order valence-corrected chi connectivity index (χ1v) is 7.20. The third kappa shape index (κ3) is 2.17. The van der Waals surface area contributed by atoms with Crippen LogP contribution in [0.4, 0.5) is 5.69 Å². The zero-order valence-electron chi connectivity index (χ0n) is 11.7. The predicted octanol–water partition coefficient (Wildman–Crippen LogP) is 1.51. The lowest BCUT2D eigenvalue weighted by Crippen LogP contribution is -2.50. The van der Waals surface area contributed by atoms with E-state index in [0.717, 1.165) is 37.1 Å². The molecule has 0 aliphatic carbocycles. The summed E-state index contributed by atoms with van der Waals surface area (Å²) in [5.74, 6) is 0.152. The van der Waals surface area contributed by atoms with Crippen molar-refractivity contribution in [3.05, 3.63) is 24.0 Å². The van der Waals surface area contributed by atoms with Gasteiger partial charge in [-0.15, -0.1) is 0 Å². The molecule has 3 rings (SSSR count). The molecule has 20 heavy (non-hydrogen) atoms. The number of hydrogen-bond acceptors (Lipinski definition) is 3. The molecule has 0 radical (unpaired) electrons. The molecular formula is C15H19N3O2. The van der Waals surface area contributed by atoms with Crippen molar-refractivity contribution >= 4 is 17.5 Å². The average molecular weight is 273 g/mol. The van der Waals surface area contributed by atoms with Crippen LogP contribution in [0.2, 0.25) is 0 Å². The Kier molecular flexibility index (Phi) is 3.42. The number of rotatable bonds is 1. The molecule has 2 aliphatic rings. The largest absolute Gasteiger partial charge is 0.331 e. The molecule has 0 aromatic carbocycles. The summed E-state index contributed by atoms with van der Waals surface area (Å²) in [4.78, 5) is 32.6. The highest BCUT2D eigenvalue weighted by Gasteiger charge is 2.38. The summed E-state index contributed by atoms with van der Waals surface area (Å²) in [6.07, 6.45) is 6.63. The number of carbonyl (C=O) groups is 2. The van der Waals surface area contributed by atoms with Crippen LogP contribution in [-0.2, 0) is 9.59 Å². The summed E-state index contributed by atoms with van der Waals surface area (Å²) in [7, 11) is 0. The van der Waals surface area contributed by atoms with Crippen LogP contribution in [0.15, 0.2) is 18.5 Å². The molecule has 2 aliphatic heterocycles. The molecule has 0 N–H and O–H groups in total. The van der Waals surface area contributed by atoms with Crippen LogP contribution in [0, 0.1) is 6.92 Å². The molecule has 0 saturated carbocycles. The first kappa shape index (κ1) is 13.1. The van der Waals surface area contributed by atoms with Crippen LogP contribution < -0.4 is 4.90 Å². The van der Waals surface area contributed by atoms with Gasteiger partial charge in [0.2, 0.25) is 11.8 Å². The summed E-state index contributed by atoms with van der Waals surface area (Å²) in [6, 6.07) is 1.62. The minimum Gasteiger partial charge on any atom is -0.331 e. The van der Waals surface area contributed by atoms with Gasteiger partial charge in [0, 0.05) is 25.7 Å². The van der Waals surface area contributed by atoms with Gasteiger partial charge >= 0.3 is 0 Å². The van der Waals surface area contributed by atoms with Crippen molar-refractivity contribution in [2.45, 2.75) is 38.6 Å². The van der Waals surface area contributed by atoms with Crippen molar-refractivity contribution in [3.63, 3.8) is 0 Å². The van der Waals surface area contributed by atoms with Crippen molar-refractivity contribution in [2.24, 2.45) is 0 Å². The third-order valence-corrected chi connectivity index (χ3v) is 4.23. The molecule has 2 saturated heterocycles. The zero-order chi connectivity index (χ0) is 14.1. The van der Waals surface area contributed by atoms with Crippen LogP contribution >= 0.6 is 0 Å². The van der Waals surface area contributed by atoms with Gasteiger partial charge in [0.05, 0.1) is 11.9 Å². The van der Waals surface area contributed by atoms with Gasteiger partial charge in [0.25, 0.3) is 0 Å². The molecule has 1 aromatic rings. The van der Waals surface area contributed by atoms with Gasteiger partial charge in [0.1, 0.15) is 6.04 Å². The van der Waals surface area contributed by atoms with E-state index in [1.165, 1.54) is 0 Å². The number of aromatic nitrogens is 1. The maximum atomic E-state index is 12.8. The number of carbonyl (C=O) groups excluding carboxylic acids is 2. The second-order valence-corrected chi connectivity index (χ2v) is 5.50. The molecule has 2 fully saturated rings. The molecule has 2 amide bonds. The van der Waals surface area contributed by atoms with E-state index in [-0.39, 0.29) is 17.9 Å². The van der Waals surface area contributed by atoms with Crippen molar-refractivity contribution < 1.29 is 9.59 Å². The van der Waals surface area contributed by atoms with Gasteiger partial charge in [-0.3, -0.25) is 14.6 Å². The summed E-state index contributed by atoms with van der Waals surface area (Å²) >= 11 is 0. The predicted molar refractivity (Wildman–Crippen MR) is 75.3 cm³/mol. The minimum atomic E-state index is -0.279. The highest BCUT2D eigenvalue weighted by molar-refractivity contribution is 6.01. The highest BCUT2D eigenvalue weighted by Crippen LogP contribution is 2.27. The maximum Gasteiger partial charge on any atom is 0.249 e. The molecule has 1 aromatic heterocycles. The Hall–Kier alpha value is -1.91. The van der Waals surface area contributed by atoms with E-state index in [0.29, 0.717) is 13.0 Å². The Balaban J connectivity index is 1.95. The Morgan fingerprint density at radius 1 is 1.25 bits per heavy atom. The maximum absolute atomic E-state index is 12.8. The van der Waals surface area contributed by atoms with Gasteiger partial charge in [-0.05, 0) is 37.8 Å². The molecule has 106 valence electrons. The fourth-order valence-corrected chi connectivity index (χ4v) is 3.11. The van der Waals surface area contributed by atoms with E-state index in [2.05, 4.69) is 4.98 Å². The van der Waals surface area contributed by atoms with Crippen molar-refractivity contribution in [1.29, 1.82) is 0 Å². The number of hydrogen-bond donors (Lipinski definition) is 0. The van der Waals surface area contributed by atoms with Gasteiger partial charge in [0.15, 0.2) is 0 Å². The van der Waals surface area contributed by atoms with Gasteiger partial charge in [-0.25, -0.2) is 0 Å². The number of amides is 2. The van der Waals surface area contributed by atoms with Crippen LogP contribution in [-0.4, -0.2) is 40.8 Å². The van der Waals surface area contributed by atoms with Crippen LogP contribution in [0.3, 0.4) is 0 Å². The van der Waals surface area contributed by atoms with Gasteiger partial charge < -0.3 is 9.80 Å². The van der Waals surface area contributed by atoms with Crippen molar-refractivity contribution in [3.8, 4) is 0 Å². The topological polar surface area (TPSA) is 53.5 Å². The minimum absolute atomic E-state index is 0.0478. The second kappa shape index (κ2) is 5.23. The summed E-state index contributed by atoms with van der Waals surface area (Å²) in [5.41, 5.74) is 1.85. The van der Waals surface area contributed by atoms with Crippen LogP contribution in [0.5, 0.6) is 0 Å². The standard InChI is InChI=1S/C15H19N3O2/c1-11-5-7-16-10-13(11)18-9-6-14(19)17-8-3-2-4-12(17)15(18)20/h5,7,10,12H,2-4,6,8-9H2,1H3. The monoisotopic (exact) mass is 273 g/mol. The number of piperidine rings is 1. The molecule has 0 spiro atoms. The number of fused-ring (bicyclic) bond motifs is 1. The summed E-state index contributed by atoms with van der Waals surface area (Å²) < 4.78 is 0. The number of aryl methyl sites for hydroxylation is 1.